The van der Waals surface area contributed by atoms with Crippen molar-refractivity contribution in [3.63, 3.8) is 0 Å². The fourth-order valence-corrected chi connectivity index (χ4v) is 0. The van der Waals surface area contributed by atoms with Gasteiger partial charge in [-0.25, -0.2) is 0 Å². The van der Waals surface area contributed by atoms with Crippen LogP contribution in [0.2, 0.25) is 0 Å². The van der Waals surface area contributed by atoms with Crippen LogP contribution in [0.15, 0.2) is 9.98 Å². The van der Waals surface area contributed by atoms with E-state index in [9.17, 15) is 0 Å². The van der Waals surface area contributed by atoms with Gasteiger partial charge in [-0.1, -0.05) is 7.43 Å². The first-order chi connectivity index (χ1) is 4.54. The van der Waals surface area contributed by atoms with Crippen molar-refractivity contribution < 1.29 is 0 Å². The summed E-state index contributed by atoms with van der Waals surface area (Å²) in [4.78, 5) is 6.72. The number of hydrogen-bond acceptors (Lipinski definition) is 2. The minimum absolute atomic E-state index is 0. The molecule has 68 valence electrons. The molecule has 0 aliphatic heterocycles. The number of guanidine groups is 2. The van der Waals surface area contributed by atoms with Gasteiger partial charge in [0.05, 0.1) is 0 Å². The number of nitrogens with zero attached hydrogens (tertiary/aromatic N) is 2. The molecule has 0 amide bonds. The van der Waals surface area contributed by atoms with Crippen molar-refractivity contribution in [2.45, 2.75) is 7.43 Å². The van der Waals surface area contributed by atoms with Crippen molar-refractivity contribution >= 4 is 11.9 Å². The van der Waals surface area contributed by atoms with Crippen LogP contribution in [0, 0.1) is 0 Å². The third kappa shape index (κ3) is 56.6. The van der Waals surface area contributed by atoms with Crippen LogP contribution in [0.3, 0.4) is 0 Å². The van der Waals surface area contributed by atoms with Gasteiger partial charge in [-0.15, -0.1) is 0 Å². The molecule has 0 heterocycles. The van der Waals surface area contributed by atoms with E-state index in [1.165, 1.54) is 14.1 Å². The van der Waals surface area contributed by atoms with Crippen molar-refractivity contribution in [2.24, 2.45) is 32.9 Å². The molecule has 0 bridgehead atoms. The van der Waals surface area contributed by atoms with Crippen LogP contribution < -0.4 is 22.9 Å². The van der Waals surface area contributed by atoms with Crippen LogP contribution in [-0.4, -0.2) is 26.0 Å². The fourth-order valence-electron chi connectivity index (χ4n) is 0. The first-order valence-electron chi connectivity index (χ1n) is 2.50. The lowest BCUT2D eigenvalue weighted by molar-refractivity contribution is 1.36. The normalized spacial score (nSPS) is 6.00. The maximum absolute atomic E-state index is 4.82. The molecule has 8 N–H and O–H groups in total. The summed E-state index contributed by atoms with van der Waals surface area (Å²) in [5.74, 6) is 0.259. The Morgan fingerprint density at radius 1 is 0.818 bits per heavy atom. The van der Waals surface area contributed by atoms with Gasteiger partial charge in [0.2, 0.25) is 0 Å². The van der Waals surface area contributed by atoms with Gasteiger partial charge in [-0.2, -0.15) is 0 Å². The Balaban J connectivity index is -0.000000107. The summed E-state index contributed by atoms with van der Waals surface area (Å²) in [7, 11) is 3.07. The molecule has 0 fully saturated rings. The maximum Gasteiger partial charge on any atom is 0.185 e. The Labute approximate surface area is 67.4 Å². The van der Waals surface area contributed by atoms with Crippen LogP contribution >= 0.6 is 0 Å². The van der Waals surface area contributed by atoms with Gasteiger partial charge in [-0.3, -0.25) is 9.98 Å². The molecule has 0 saturated heterocycles. The monoisotopic (exact) mass is 162 g/mol. The fraction of sp³-hybridized carbons (Fsp3) is 0.600. The minimum atomic E-state index is 0. The number of aliphatic imine (C=N–C) groups is 2. The third-order valence-electron chi connectivity index (χ3n) is 0.516. The lowest BCUT2D eigenvalue weighted by atomic mass is 11.1. The standard InChI is InChI=1S/2C2H7N3.CH4/c2*1-5-2(3)4;/h2*1H3,(H4,3,4,5);1H4. The van der Waals surface area contributed by atoms with E-state index in [4.69, 9.17) is 22.9 Å². The lowest BCUT2D eigenvalue weighted by Crippen LogP contribution is -2.21. The Kier molecular flexibility index (Phi) is 16.8. The highest BCUT2D eigenvalue weighted by atomic mass is 15.0. The highest BCUT2D eigenvalue weighted by Gasteiger charge is 1.61. The molecule has 0 aromatic rings. The van der Waals surface area contributed by atoms with Crippen molar-refractivity contribution in [1.82, 2.24) is 0 Å². The Hall–Kier alpha value is -1.46. The summed E-state index contributed by atoms with van der Waals surface area (Å²) in [6, 6.07) is 0. The maximum atomic E-state index is 4.82. The molecule has 11 heavy (non-hydrogen) atoms. The molecule has 0 saturated carbocycles. The predicted octanol–water partition coefficient (Wildman–Crippen LogP) is -1.58. The molecule has 0 unspecified atom stereocenters. The number of rotatable bonds is 0. The van der Waals surface area contributed by atoms with Gasteiger partial charge in [0.25, 0.3) is 0 Å². The quantitative estimate of drug-likeness (QED) is 0.253. The molecule has 0 aliphatic rings. The van der Waals surface area contributed by atoms with Crippen molar-refractivity contribution in [2.75, 3.05) is 14.1 Å². The second-order valence-corrected chi connectivity index (χ2v) is 1.30. The largest absolute Gasteiger partial charge is 0.370 e. The summed E-state index contributed by atoms with van der Waals surface area (Å²) < 4.78 is 0. The number of nitrogens with two attached hydrogens (primary N) is 4. The highest BCUT2D eigenvalue weighted by molar-refractivity contribution is 5.75. The minimum Gasteiger partial charge on any atom is -0.370 e. The predicted molar refractivity (Wildman–Crippen MR) is 50.2 cm³/mol. The molecule has 0 radical (unpaired) electrons. The van der Waals surface area contributed by atoms with Crippen LogP contribution in [0.4, 0.5) is 0 Å². The van der Waals surface area contributed by atoms with Crippen LogP contribution in [0.5, 0.6) is 0 Å². The van der Waals surface area contributed by atoms with Crippen molar-refractivity contribution in [3.05, 3.63) is 0 Å². The first kappa shape index (κ1) is 16.3. The van der Waals surface area contributed by atoms with Crippen LogP contribution in [-0.2, 0) is 0 Å². The number of hydrogen-bond donors (Lipinski definition) is 4. The van der Waals surface area contributed by atoms with E-state index in [1.54, 1.807) is 0 Å². The van der Waals surface area contributed by atoms with Crippen LogP contribution in [0.1, 0.15) is 7.43 Å². The molecule has 6 heteroatoms. The Bertz CT molecular complexity index is 103. The average molecular weight is 162 g/mol. The zero-order valence-electron chi connectivity index (χ0n) is 6.20. The van der Waals surface area contributed by atoms with E-state index < -0.39 is 0 Å². The summed E-state index contributed by atoms with van der Waals surface area (Å²) in [5, 5.41) is 0. The Morgan fingerprint density at radius 3 is 0.909 bits per heavy atom. The summed E-state index contributed by atoms with van der Waals surface area (Å²) in [6.45, 7) is 0. The van der Waals surface area contributed by atoms with Gasteiger partial charge >= 0.3 is 0 Å². The van der Waals surface area contributed by atoms with Gasteiger partial charge in [-0.05, 0) is 0 Å². The first-order valence-corrected chi connectivity index (χ1v) is 2.50. The lowest BCUT2D eigenvalue weighted by Gasteiger charge is -1.77. The van der Waals surface area contributed by atoms with E-state index in [0.29, 0.717) is 0 Å². The summed E-state index contributed by atoms with van der Waals surface area (Å²) in [5.41, 5.74) is 19.3. The van der Waals surface area contributed by atoms with E-state index in [-0.39, 0.29) is 19.3 Å². The summed E-state index contributed by atoms with van der Waals surface area (Å²) >= 11 is 0. The second-order valence-electron chi connectivity index (χ2n) is 1.30. The molecular weight excluding hydrogens is 144 g/mol. The van der Waals surface area contributed by atoms with Gasteiger partial charge < -0.3 is 22.9 Å². The van der Waals surface area contributed by atoms with Gasteiger partial charge in [0, 0.05) is 14.1 Å². The third-order valence-corrected chi connectivity index (χ3v) is 0.516. The van der Waals surface area contributed by atoms with Crippen molar-refractivity contribution in [3.8, 4) is 0 Å². The highest BCUT2D eigenvalue weighted by Crippen LogP contribution is 1.40. The zero-order valence-corrected chi connectivity index (χ0v) is 6.20. The van der Waals surface area contributed by atoms with E-state index in [0.717, 1.165) is 0 Å². The van der Waals surface area contributed by atoms with Gasteiger partial charge in [0.1, 0.15) is 0 Å². The molecule has 0 atom stereocenters. The van der Waals surface area contributed by atoms with Gasteiger partial charge in [0.15, 0.2) is 11.9 Å². The molecule has 0 spiro atoms. The topological polar surface area (TPSA) is 129 Å². The molecule has 0 rings (SSSR count). The zero-order chi connectivity index (χ0) is 8.57. The average Bonchev–Trinajstić information content (AvgIpc) is 1.89. The van der Waals surface area contributed by atoms with Crippen LogP contribution in [0.25, 0.3) is 0 Å². The molecular formula is C5H18N6. The summed E-state index contributed by atoms with van der Waals surface area (Å²) in [6.07, 6.45) is 0. The molecule has 0 aromatic heterocycles. The van der Waals surface area contributed by atoms with E-state index >= 15 is 0 Å². The molecule has 6 nitrogen and oxygen atoms in total. The second kappa shape index (κ2) is 11.4. The Morgan fingerprint density at radius 2 is 0.909 bits per heavy atom. The molecule has 0 aliphatic carbocycles. The van der Waals surface area contributed by atoms with E-state index in [2.05, 4.69) is 9.98 Å². The smallest absolute Gasteiger partial charge is 0.185 e. The van der Waals surface area contributed by atoms with E-state index in [1.807, 2.05) is 0 Å². The SMILES string of the molecule is C.CN=C(N)N.CN=C(N)N. The molecule has 0 aromatic carbocycles. The van der Waals surface area contributed by atoms with Crippen molar-refractivity contribution in [1.29, 1.82) is 0 Å².